The molecule has 1 aliphatic heterocycles. The van der Waals surface area contributed by atoms with Crippen molar-refractivity contribution in [2.45, 2.75) is 13.5 Å². The van der Waals surface area contributed by atoms with E-state index >= 15 is 0 Å². The van der Waals surface area contributed by atoms with Gasteiger partial charge in [-0.3, -0.25) is 4.79 Å². The monoisotopic (exact) mass is 261 g/mol. The zero-order valence-corrected chi connectivity index (χ0v) is 12.0. The number of amides is 1. The van der Waals surface area contributed by atoms with Crippen LogP contribution in [0.3, 0.4) is 0 Å². The van der Waals surface area contributed by atoms with Crippen molar-refractivity contribution < 1.29 is 4.79 Å². The largest absolute Gasteiger partial charge is 0.373 e. The van der Waals surface area contributed by atoms with Crippen molar-refractivity contribution >= 4 is 11.6 Å². The summed E-state index contributed by atoms with van der Waals surface area (Å²) in [6, 6.07) is 8.33. The lowest BCUT2D eigenvalue weighted by Crippen LogP contribution is -2.40. The molecule has 1 aliphatic rings. The summed E-state index contributed by atoms with van der Waals surface area (Å²) in [4.78, 5) is 16.6. The van der Waals surface area contributed by atoms with E-state index in [0.717, 1.165) is 19.6 Å². The van der Waals surface area contributed by atoms with E-state index in [1.807, 2.05) is 24.9 Å². The SMILES string of the molecule is CNCC(C)C(=O)N1CCN(C)c2ccccc2C1. The van der Waals surface area contributed by atoms with Crippen LogP contribution >= 0.6 is 0 Å². The summed E-state index contributed by atoms with van der Waals surface area (Å²) in [5.41, 5.74) is 2.46. The fraction of sp³-hybridized carbons (Fsp3) is 0.533. The van der Waals surface area contributed by atoms with E-state index in [9.17, 15) is 4.79 Å². The zero-order chi connectivity index (χ0) is 13.8. The van der Waals surface area contributed by atoms with Crippen LogP contribution in [0.5, 0.6) is 0 Å². The van der Waals surface area contributed by atoms with Crippen LogP contribution in [0.25, 0.3) is 0 Å². The maximum Gasteiger partial charge on any atom is 0.227 e. The third-order valence-corrected chi connectivity index (χ3v) is 3.71. The van der Waals surface area contributed by atoms with Gasteiger partial charge in [-0.1, -0.05) is 25.1 Å². The number of nitrogens with one attached hydrogen (secondary N) is 1. The van der Waals surface area contributed by atoms with E-state index in [4.69, 9.17) is 0 Å². The Balaban J connectivity index is 2.16. The second-order valence-electron chi connectivity index (χ2n) is 5.27. The lowest BCUT2D eigenvalue weighted by molar-refractivity contribution is -0.135. The lowest BCUT2D eigenvalue weighted by atomic mass is 10.1. The van der Waals surface area contributed by atoms with Crippen molar-refractivity contribution in [2.24, 2.45) is 5.92 Å². The molecule has 0 radical (unpaired) electrons. The molecule has 1 N–H and O–H groups in total. The molecule has 1 heterocycles. The summed E-state index contributed by atoms with van der Waals surface area (Å²) in [5, 5.41) is 3.07. The van der Waals surface area contributed by atoms with Crippen molar-refractivity contribution in [3.8, 4) is 0 Å². The Kier molecular flexibility index (Phi) is 4.43. The molecule has 0 bridgehead atoms. The molecule has 1 aromatic carbocycles. The number of para-hydroxylation sites is 1. The summed E-state index contributed by atoms with van der Waals surface area (Å²) in [6.07, 6.45) is 0. The Morgan fingerprint density at radius 1 is 1.37 bits per heavy atom. The standard InChI is InChI=1S/C15H23N3O/c1-12(10-16-2)15(19)18-9-8-17(3)14-7-5-4-6-13(14)11-18/h4-7,12,16H,8-11H2,1-3H3. The lowest BCUT2D eigenvalue weighted by Gasteiger charge is -2.24. The zero-order valence-electron chi connectivity index (χ0n) is 12.0. The van der Waals surface area contributed by atoms with Gasteiger partial charge in [0.1, 0.15) is 0 Å². The van der Waals surface area contributed by atoms with Gasteiger partial charge < -0.3 is 15.1 Å². The maximum absolute atomic E-state index is 12.4. The molecule has 1 atom stereocenters. The predicted octanol–water partition coefficient (Wildman–Crippen LogP) is 1.32. The summed E-state index contributed by atoms with van der Waals surface area (Å²) in [5.74, 6) is 0.264. The number of rotatable bonds is 3. The van der Waals surface area contributed by atoms with Gasteiger partial charge in [-0.2, -0.15) is 0 Å². The topological polar surface area (TPSA) is 35.6 Å². The van der Waals surface area contributed by atoms with E-state index in [2.05, 4.69) is 35.5 Å². The average molecular weight is 261 g/mol. The van der Waals surface area contributed by atoms with Gasteiger partial charge in [-0.05, 0) is 18.7 Å². The normalized spacial score (nSPS) is 16.8. The van der Waals surface area contributed by atoms with Crippen molar-refractivity contribution in [3.63, 3.8) is 0 Å². The van der Waals surface area contributed by atoms with Gasteiger partial charge >= 0.3 is 0 Å². The molecule has 104 valence electrons. The Bertz CT molecular complexity index is 447. The van der Waals surface area contributed by atoms with Crippen LogP contribution in [-0.4, -0.2) is 44.5 Å². The molecule has 19 heavy (non-hydrogen) atoms. The van der Waals surface area contributed by atoms with E-state index in [1.54, 1.807) is 0 Å². The molecule has 0 saturated heterocycles. The smallest absolute Gasteiger partial charge is 0.227 e. The number of carbonyl (C=O) groups excluding carboxylic acids is 1. The summed E-state index contributed by atoms with van der Waals surface area (Å²) >= 11 is 0. The fourth-order valence-electron chi connectivity index (χ4n) is 2.59. The molecule has 0 spiro atoms. The molecule has 0 aliphatic carbocycles. The van der Waals surface area contributed by atoms with Crippen molar-refractivity contribution in [2.75, 3.05) is 38.6 Å². The molecule has 0 aromatic heterocycles. The van der Waals surface area contributed by atoms with Crippen LogP contribution in [0.15, 0.2) is 24.3 Å². The first kappa shape index (κ1) is 13.9. The number of carbonyl (C=O) groups is 1. The van der Waals surface area contributed by atoms with Crippen LogP contribution in [-0.2, 0) is 11.3 Å². The van der Waals surface area contributed by atoms with Crippen molar-refractivity contribution in [3.05, 3.63) is 29.8 Å². The third kappa shape index (κ3) is 3.07. The first-order chi connectivity index (χ1) is 9.13. The molecular weight excluding hydrogens is 238 g/mol. The van der Waals surface area contributed by atoms with Gasteiger partial charge in [-0.25, -0.2) is 0 Å². The first-order valence-corrected chi connectivity index (χ1v) is 6.86. The van der Waals surface area contributed by atoms with Gasteiger partial charge in [0.15, 0.2) is 0 Å². The predicted molar refractivity (Wildman–Crippen MR) is 78.2 cm³/mol. The highest BCUT2D eigenvalue weighted by molar-refractivity contribution is 5.79. The fourth-order valence-corrected chi connectivity index (χ4v) is 2.59. The van der Waals surface area contributed by atoms with Crippen molar-refractivity contribution in [1.82, 2.24) is 10.2 Å². The minimum Gasteiger partial charge on any atom is -0.373 e. The van der Waals surface area contributed by atoms with Crippen LogP contribution < -0.4 is 10.2 Å². The number of anilines is 1. The maximum atomic E-state index is 12.4. The molecule has 1 amide bonds. The van der Waals surface area contributed by atoms with Gasteiger partial charge in [0.2, 0.25) is 5.91 Å². The van der Waals surface area contributed by atoms with Gasteiger partial charge in [-0.15, -0.1) is 0 Å². The number of benzene rings is 1. The van der Waals surface area contributed by atoms with Crippen LogP contribution in [0.2, 0.25) is 0 Å². The first-order valence-electron chi connectivity index (χ1n) is 6.86. The van der Waals surface area contributed by atoms with Gasteiger partial charge in [0, 0.05) is 44.8 Å². The highest BCUT2D eigenvalue weighted by atomic mass is 16.2. The molecule has 1 aromatic rings. The Morgan fingerprint density at radius 2 is 2.11 bits per heavy atom. The van der Waals surface area contributed by atoms with Crippen molar-refractivity contribution in [1.29, 1.82) is 0 Å². The highest BCUT2D eigenvalue weighted by Crippen LogP contribution is 2.24. The summed E-state index contributed by atoms with van der Waals surface area (Å²) in [7, 11) is 3.97. The quantitative estimate of drug-likeness (QED) is 0.891. The third-order valence-electron chi connectivity index (χ3n) is 3.71. The number of nitrogens with zero attached hydrogens (tertiary/aromatic N) is 2. The molecule has 0 fully saturated rings. The Morgan fingerprint density at radius 3 is 2.84 bits per heavy atom. The number of likely N-dealkylation sites (N-methyl/N-ethyl adjacent to an activating group) is 1. The van der Waals surface area contributed by atoms with Crippen LogP contribution in [0, 0.1) is 5.92 Å². The molecule has 1 unspecified atom stereocenters. The van der Waals surface area contributed by atoms with Gasteiger partial charge in [0.05, 0.1) is 0 Å². The number of hydrogen-bond acceptors (Lipinski definition) is 3. The summed E-state index contributed by atoms with van der Waals surface area (Å²) in [6.45, 7) is 5.10. The average Bonchev–Trinajstić information content (AvgIpc) is 2.58. The van der Waals surface area contributed by atoms with E-state index < -0.39 is 0 Å². The molecule has 2 rings (SSSR count). The van der Waals surface area contributed by atoms with E-state index in [1.165, 1.54) is 11.3 Å². The Labute approximate surface area is 115 Å². The minimum atomic E-state index is 0.0283. The summed E-state index contributed by atoms with van der Waals surface area (Å²) < 4.78 is 0. The molecule has 0 saturated carbocycles. The van der Waals surface area contributed by atoms with Crippen LogP contribution in [0.4, 0.5) is 5.69 Å². The number of hydrogen-bond donors (Lipinski definition) is 1. The van der Waals surface area contributed by atoms with E-state index in [0.29, 0.717) is 6.54 Å². The second-order valence-corrected chi connectivity index (χ2v) is 5.27. The van der Waals surface area contributed by atoms with Crippen LogP contribution in [0.1, 0.15) is 12.5 Å². The minimum absolute atomic E-state index is 0.0283. The van der Waals surface area contributed by atoms with Gasteiger partial charge in [0.25, 0.3) is 0 Å². The molecule has 4 heteroatoms. The molecule has 4 nitrogen and oxygen atoms in total. The second kappa shape index (κ2) is 6.06. The van der Waals surface area contributed by atoms with E-state index in [-0.39, 0.29) is 11.8 Å². The Hall–Kier alpha value is -1.55. The highest BCUT2D eigenvalue weighted by Gasteiger charge is 2.24. The number of fused-ring (bicyclic) bond motifs is 1. The molecular formula is C15H23N3O.